The minimum Gasteiger partial charge on any atom is -1.00 e. The zero-order valence-electron chi connectivity index (χ0n) is 9.69. The first-order chi connectivity index (χ1) is 7.11. The lowest BCUT2D eigenvalue weighted by molar-refractivity contribution is -0.898. The van der Waals surface area contributed by atoms with Crippen molar-refractivity contribution < 1.29 is 16.9 Å². The van der Waals surface area contributed by atoms with Gasteiger partial charge in [-0.2, -0.15) is 5.10 Å². The number of quaternary nitrogens is 1. The van der Waals surface area contributed by atoms with Crippen molar-refractivity contribution in [2.75, 3.05) is 38.1 Å². The summed E-state index contributed by atoms with van der Waals surface area (Å²) in [6.45, 7) is 4.50. The molecular formula is C10H20ClN5. The molecule has 0 unspecified atom stereocenters. The Morgan fingerprint density at radius 2 is 2.00 bits per heavy atom. The summed E-state index contributed by atoms with van der Waals surface area (Å²) in [5, 5.41) is 4.16. The first-order valence-corrected chi connectivity index (χ1v) is 5.51. The summed E-state index contributed by atoms with van der Waals surface area (Å²) in [6, 6.07) is 0. The van der Waals surface area contributed by atoms with Crippen molar-refractivity contribution in [1.29, 1.82) is 0 Å². The number of nitrogen functional groups attached to an aromatic ring is 2. The molecule has 0 radical (unpaired) electrons. The van der Waals surface area contributed by atoms with Crippen molar-refractivity contribution in [2.24, 2.45) is 0 Å². The van der Waals surface area contributed by atoms with E-state index in [9.17, 15) is 0 Å². The summed E-state index contributed by atoms with van der Waals surface area (Å²) >= 11 is 0. The summed E-state index contributed by atoms with van der Waals surface area (Å²) in [5.74, 6) is 0.598. The molecule has 1 aliphatic rings. The van der Waals surface area contributed by atoms with Crippen LogP contribution in [0, 0.1) is 0 Å². The van der Waals surface area contributed by atoms with E-state index < -0.39 is 0 Å². The molecule has 1 aromatic heterocycles. The van der Waals surface area contributed by atoms with Crippen molar-refractivity contribution in [3.05, 3.63) is 6.20 Å². The number of aromatic nitrogens is 2. The van der Waals surface area contributed by atoms with Crippen LogP contribution in [0.2, 0.25) is 0 Å². The number of anilines is 2. The fourth-order valence-corrected chi connectivity index (χ4v) is 2.25. The van der Waals surface area contributed by atoms with Crippen LogP contribution in [0.3, 0.4) is 0 Å². The largest absolute Gasteiger partial charge is 1.00 e. The normalized spacial score (nSPS) is 18.3. The molecule has 16 heavy (non-hydrogen) atoms. The monoisotopic (exact) mass is 245 g/mol. The summed E-state index contributed by atoms with van der Waals surface area (Å²) in [6.07, 6.45) is 4.31. The van der Waals surface area contributed by atoms with Crippen LogP contribution in [-0.4, -0.2) is 40.9 Å². The predicted molar refractivity (Wildman–Crippen MR) is 61.1 cm³/mol. The Labute approximate surface area is 102 Å². The molecular weight excluding hydrogens is 226 g/mol. The van der Waals surface area contributed by atoms with Gasteiger partial charge in [-0.1, -0.05) is 0 Å². The zero-order chi connectivity index (χ0) is 10.9. The molecule has 0 spiro atoms. The lowest BCUT2D eigenvalue weighted by Gasteiger charge is -2.29. The maximum atomic E-state index is 5.80. The number of hydrogen-bond donors (Lipinski definition) is 2. The van der Waals surface area contributed by atoms with E-state index in [0.29, 0.717) is 11.5 Å². The Balaban J connectivity index is 0.00000128. The van der Waals surface area contributed by atoms with Crippen LogP contribution < -0.4 is 23.9 Å². The van der Waals surface area contributed by atoms with E-state index in [2.05, 4.69) is 12.1 Å². The molecule has 0 bridgehead atoms. The second-order valence-corrected chi connectivity index (χ2v) is 4.71. The third-order valence-electron chi connectivity index (χ3n) is 3.41. The number of likely N-dealkylation sites (tertiary alicyclic amines) is 1. The van der Waals surface area contributed by atoms with Crippen LogP contribution >= 0.6 is 0 Å². The Kier molecular flexibility index (Phi) is 4.04. The van der Waals surface area contributed by atoms with Gasteiger partial charge in [-0.25, -0.2) is 4.68 Å². The number of nitrogens with zero attached hydrogens (tertiary/aromatic N) is 3. The van der Waals surface area contributed by atoms with E-state index in [-0.39, 0.29) is 12.4 Å². The van der Waals surface area contributed by atoms with Gasteiger partial charge in [0, 0.05) is 12.8 Å². The van der Waals surface area contributed by atoms with Gasteiger partial charge in [-0.15, -0.1) is 0 Å². The minimum absolute atomic E-state index is 0. The molecule has 1 aromatic rings. The van der Waals surface area contributed by atoms with Crippen molar-refractivity contribution in [3.63, 3.8) is 0 Å². The van der Waals surface area contributed by atoms with Gasteiger partial charge in [0.05, 0.1) is 45.1 Å². The standard InChI is InChI=1S/C10H20N5.ClH/c1-15(5-2-3-6-15)7-4-14-10(12)9(11)8-13-14;/h8H,2-7,11-12H2,1H3;1H/q+1;/p-1. The lowest BCUT2D eigenvalue weighted by atomic mass is 10.4. The average Bonchev–Trinajstić information content (AvgIpc) is 2.75. The van der Waals surface area contributed by atoms with E-state index in [0.717, 1.165) is 17.6 Å². The first-order valence-electron chi connectivity index (χ1n) is 5.51. The highest BCUT2D eigenvalue weighted by molar-refractivity contribution is 5.56. The second kappa shape index (κ2) is 4.93. The highest BCUT2D eigenvalue weighted by Crippen LogP contribution is 2.18. The number of halogens is 1. The van der Waals surface area contributed by atoms with E-state index in [1.807, 2.05) is 0 Å². The molecule has 0 saturated carbocycles. The molecule has 1 saturated heterocycles. The van der Waals surface area contributed by atoms with E-state index in [4.69, 9.17) is 11.5 Å². The van der Waals surface area contributed by atoms with Crippen LogP contribution in [0.1, 0.15) is 12.8 Å². The number of likely N-dealkylation sites (N-methyl/N-ethyl adjacent to an activating group) is 1. The molecule has 4 N–H and O–H groups in total. The van der Waals surface area contributed by atoms with Crippen LogP contribution in [0.5, 0.6) is 0 Å². The SMILES string of the molecule is C[N+]1(CCn2ncc(N)c2N)CCCC1.[Cl-]. The Morgan fingerprint density at radius 1 is 1.38 bits per heavy atom. The molecule has 6 heteroatoms. The Bertz CT molecular complexity index is 343. The third-order valence-corrected chi connectivity index (χ3v) is 3.41. The first kappa shape index (κ1) is 13.1. The zero-order valence-corrected chi connectivity index (χ0v) is 10.5. The molecule has 1 fully saturated rings. The minimum atomic E-state index is 0. The lowest BCUT2D eigenvalue weighted by Crippen LogP contribution is -3.00. The molecule has 92 valence electrons. The molecule has 5 nitrogen and oxygen atoms in total. The number of hydrogen-bond acceptors (Lipinski definition) is 3. The molecule has 1 aliphatic heterocycles. The average molecular weight is 246 g/mol. The van der Waals surface area contributed by atoms with Gasteiger partial charge >= 0.3 is 0 Å². The van der Waals surface area contributed by atoms with Gasteiger partial charge in [-0.3, -0.25) is 0 Å². The molecule has 0 aromatic carbocycles. The van der Waals surface area contributed by atoms with Gasteiger partial charge in [0.25, 0.3) is 0 Å². The maximum Gasteiger partial charge on any atom is 0.145 e. The van der Waals surface area contributed by atoms with Gasteiger partial charge in [0.2, 0.25) is 0 Å². The predicted octanol–water partition coefficient (Wildman–Crippen LogP) is -2.71. The fourth-order valence-electron chi connectivity index (χ4n) is 2.25. The molecule has 0 atom stereocenters. The smallest absolute Gasteiger partial charge is 0.145 e. The van der Waals surface area contributed by atoms with E-state index in [1.54, 1.807) is 10.9 Å². The van der Waals surface area contributed by atoms with Crippen molar-refractivity contribution in [2.45, 2.75) is 19.4 Å². The van der Waals surface area contributed by atoms with Crippen molar-refractivity contribution in [1.82, 2.24) is 9.78 Å². The maximum absolute atomic E-state index is 5.80. The van der Waals surface area contributed by atoms with Crippen LogP contribution in [0.25, 0.3) is 0 Å². The molecule has 0 aliphatic carbocycles. The van der Waals surface area contributed by atoms with E-state index >= 15 is 0 Å². The third kappa shape index (κ3) is 2.59. The summed E-state index contributed by atoms with van der Waals surface area (Å²) < 4.78 is 2.94. The highest BCUT2D eigenvalue weighted by Gasteiger charge is 2.26. The van der Waals surface area contributed by atoms with Gasteiger partial charge in [0.15, 0.2) is 0 Å². The topological polar surface area (TPSA) is 69.9 Å². The molecule has 2 heterocycles. The number of nitrogens with two attached hydrogens (primary N) is 2. The summed E-state index contributed by atoms with van der Waals surface area (Å²) in [7, 11) is 2.30. The summed E-state index contributed by atoms with van der Waals surface area (Å²) in [4.78, 5) is 0. The highest BCUT2D eigenvalue weighted by atomic mass is 35.5. The fraction of sp³-hybridized carbons (Fsp3) is 0.700. The van der Waals surface area contributed by atoms with Gasteiger partial charge < -0.3 is 28.4 Å². The Hall–Kier alpha value is -0.940. The quantitative estimate of drug-likeness (QED) is 0.569. The molecule has 0 amide bonds. The van der Waals surface area contributed by atoms with Gasteiger partial charge in [0.1, 0.15) is 5.82 Å². The summed E-state index contributed by atoms with van der Waals surface area (Å²) in [5.41, 5.74) is 12.0. The van der Waals surface area contributed by atoms with Crippen molar-refractivity contribution >= 4 is 11.5 Å². The number of rotatable bonds is 3. The van der Waals surface area contributed by atoms with Crippen LogP contribution in [-0.2, 0) is 6.54 Å². The van der Waals surface area contributed by atoms with Crippen molar-refractivity contribution in [3.8, 4) is 0 Å². The van der Waals surface area contributed by atoms with E-state index in [1.165, 1.54) is 25.9 Å². The van der Waals surface area contributed by atoms with Crippen LogP contribution in [0.4, 0.5) is 11.5 Å². The Morgan fingerprint density at radius 3 is 2.50 bits per heavy atom. The van der Waals surface area contributed by atoms with Gasteiger partial charge in [-0.05, 0) is 0 Å². The molecule has 2 rings (SSSR count). The van der Waals surface area contributed by atoms with Crippen LogP contribution in [0.15, 0.2) is 6.20 Å². The second-order valence-electron chi connectivity index (χ2n) is 4.71.